The van der Waals surface area contributed by atoms with Crippen molar-refractivity contribution < 1.29 is 9.53 Å². The summed E-state index contributed by atoms with van der Waals surface area (Å²) >= 11 is 3.48. The van der Waals surface area contributed by atoms with Crippen LogP contribution in [-0.2, 0) is 11.3 Å². The Morgan fingerprint density at radius 2 is 2.22 bits per heavy atom. The smallest absolute Gasteiger partial charge is 0.410 e. The van der Waals surface area contributed by atoms with Crippen LogP contribution < -0.4 is 0 Å². The van der Waals surface area contributed by atoms with Crippen LogP contribution in [0.15, 0.2) is 22.7 Å². The SMILES string of the molecule is CC(C)(C)OC(=O)N1CCC(Cn2nnc3ccc(Br)cc32)C1. The monoisotopic (exact) mass is 380 g/mol. The molecule has 0 spiro atoms. The maximum Gasteiger partial charge on any atom is 0.410 e. The Bertz CT molecular complexity index is 722. The van der Waals surface area contributed by atoms with Crippen LogP contribution in [0.3, 0.4) is 0 Å². The lowest BCUT2D eigenvalue weighted by atomic mass is 10.1. The van der Waals surface area contributed by atoms with E-state index in [4.69, 9.17) is 4.74 Å². The highest BCUT2D eigenvalue weighted by molar-refractivity contribution is 9.10. The van der Waals surface area contributed by atoms with Gasteiger partial charge in [-0.05, 0) is 51.3 Å². The lowest BCUT2D eigenvalue weighted by Crippen LogP contribution is -2.35. The van der Waals surface area contributed by atoms with E-state index in [-0.39, 0.29) is 6.09 Å². The predicted molar refractivity (Wildman–Crippen MR) is 91.1 cm³/mol. The minimum Gasteiger partial charge on any atom is -0.444 e. The summed E-state index contributed by atoms with van der Waals surface area (Å²) in [6.07, 6.45) is 0.723. The summed E-state index contributed by atoms with van der Waals surface area (Å²) in [7, 11) is 0. The van der Waals surface area contributed by atoms with Crippen molar-refractivity contribution >= 4 is 33.1 Å². The molecule has 124 valence electrons. The fourth-order valence-electron chi connectivity index (χ4n) is 2.79. The van der Waals surface area contributed by atoms with E-state index in [0.29, 0.717) is 12.5 Å². The van der Waals surface area contributed by atoms with Crippen molar-refractivity contribution in [2.24, 2.45) is 5.92 Å². The molecule has 0 bridgehead atoms. The zero-order valence-electron chi connectivity index (χ0n) is 13.6. The van der Waals surface area contributed by atoms with Crippen molar-refractivity contribution in [1.29, 1.82) is 0 Å². The molecule has 2 heterocycles. The lowest BCUT2D eigenvalue weighted by molar-refractivity contribution is 0.0287. The van der Waals surface area contributed by atoms with E-state index in [1.54, 1.807) is 4.90 Å². The van der Waals surface area contributed by atoms with Gasteiger partial charge < -0.3 is 9.64 Å². The fraction of sp³-hybridized carbons (Fsp3) is 0.562. The molecule has 6 nitrogen and oxygen atoms in total. The third-order valence-corrected chi connectivity index (χ3v) is 4.34. The average molecular weight is 381 g/mol. The molecular formula is C16H21BrN4O2. The van der Waals surface area contributed by atoms with Crippen molar-refractivity contribution in [1.82, 2.24) is 19.9 Å². The van der Waals surface area contributed by atoms with Crippen LogP contribution in [0.25, 0.3) is 11.0 Å². The number of nitrogens with zero attached hydrogens (tertiary/aromatic N) is 4. The van der Waals surface area contributed by atoms with Crippen molar-refractivity contribution in [3.8, 4) is 0 Å². The van der Waals surface area contributed by atoms with Crippen LogP contribution >= 0.6 is 15.9 Å². The first-order valence-corrected chi connectivity index (χ1v) is 8.58. The molecule has 0 N–H and O–H groups in total. The zero-order chi connectivity index (χ0) is 16.6. The molecule has 0 radical (unpaired) electrons. The van der Waals surface area contributed by atoms with E-state index in [1.165, 1.54) is 0 Å². The second kappa shape index (κ2) is 6.11. The summed E-state index contributed by atoms with van der Waals surface area (Å²) in [6, 6.07) is 5.93. The van der Waals surface area contributed by atoms with E-state index in [9.17, 15) is 4.79 Å². The highest BCUT2D eigenvalue weighted by atomic mass is 79.9. The summed E-state index contributed by atoms with van der Waals surface area (Å²) in [5.41, 5.74) is 1.44. The minimum absolute atomic E-state index is 0.230. The number of ether oxygens (including phenoxy) is 1. The van der Waals surface area contributed by atoms with Gasteiger partial charge in [-0.1, -0.05) is 21.1 Å². The molecule has 1 fully saturated rings. The van der Waals surface area contributed by atoms with E-state index < -0.39 is 5.60 Å². The quantitative estimate of drug-likeness (QED) is 0.800. The van der Waals surface area contributed by atoms with Crippen LogP contribution in [0.5, 0.6) is 0 Å². The molecule has 1 aliphatic heterocycles. The summed E-state index contributed by atoms with van der Waals surface area (Å²) < 4.78 is 8.37. The molecule has 1 aliphatic rings. The van der Waals surface area contributed by atoms with Gasteiger partial charge in [-0.2, -0.15) is 0 Å². The molecule has 1 saturated heterocycles. The number of carbonyl (C=O) groups is 1. The van der Waals surface area contributed by atoms with Gasteiger partial charge in [-0.15, -0.1) is 5.10 Å². The summed E-state index contributed by atoms with van der Waals surface area (Å²) in [4.78, 5) is 13.9. The molecule has 23 heavy (non-hydrogen) atoms. The van der Waals surface area contributed by atoms with Crippen molar-refractivity contribution in [2.45, 2.75) is 39.3 Å². The van der Waals surface area contributed by atoms with Gasteiger partial charge in [0.25, 0.3) is 0 Å². The second-order valence-corrected chi connectivity index (χ2v) is 7.90. The first kappa shape index (κ1) is 16.2. The predicted octanol–water partition coefficient (Wildman–Crippen LogP) is 3.45. The molecule has 3 rings (SSSR count). The van der Waals surface area contributed by atoms with Gasteiger partial charge in [0.15, 0.2) is 0 Å². The number of rotatable bonds is 2. The van der Waals surface area contributed by atoms with Gasteiger partial charge in [0.1, 0.15) is 11.1 Å². The Morgan fingerprint density at radius 1 is 1.43 bits per heavy atom. The lowest BCUT2D eigenvalue weighted by Gasteiger charge is -2.24. The molecule has 1 aromatic heterocycles. The summed E-state index contributed by atoms with van der Waals surface area (Å²) in [5, 5.41) is 8.43. The van der Waals surface area contributed by atoms with Gasteiger partial charge in [0.2, 0.25) is 0 Å². The largest absolute Gasteiger partial charge is 0.444 e. The van der Waals surface area contributed by atoms with E-state index in [1.807, 2.05) is 43.7 Å². The normalized spacial score (nSPS) is 18.6. The summed E-state index contributed by atoms with van der Waals surface area (Å²) in [6.45, 7) is 7.85. The number of fused-ring (bicyclic) bond motifs is 1. The number of hydrogen-bond acceptors (Lipinski definition) is 4. The Hall–Kier alpha value is -1.63. The molecule has 0 aliphatic carbocycles. The van der Waals surface area contributed by atoms with Crippen molar-refractivity contribution in [3.63, 3.8) is 0 Å². The van der Waals surface area contributed by atoms with Crippen LogP contribution in [0.2, 0.25) is 0 Å². The standard InChI is InChI=1S/C16H21BrN4O2/c1-16(2,3)23-15(22)20-7-6-11(9-20)10-21-14-8-12(17)4-5-13(14)18-19-21/h4-5,8,11H,6-7,9-10H2,1-3H3. The van der Waals surface area contributed by atoms with E-state index >= 15 is 0 Å². The number of aromatic nitrogens is 3. The topological polar surface area (TPSA) is 60.2 Å². The Labute approximate surface area is 143 Å². The molecule has 1 aromatic carbocycles. The third-order valence-electron chi connectivity index (χ3n) is 3.84. The van der Waals surface area contributed by atoms with Crippen LogP contribution in [0.1, 0.15) is 27.2 Å². The van der Waals surface area contributed by atoms with E-state index in [2.05, 4.69) is 26.2 Å². The first-order chi connectivity index (χ1) is 10.8. The number of benzene rings is 1. The van der Waals surface area contributed by atoms with Crippen LogP contribution in [-0.4, -0.2) is 44.7 Å². The van der Waals surface area contributed by atoms with Gasteiger partial charge in [-0.25, -0.2) is 9.48 Å². The van der Waals surface area contributed by atoms with Gasteiger partial charge in [0.05, 0.1) is 5.52 Å². The maximum atomic E-state index is 12.1. The first-order valence-electron chi connectivity index (χ1n) is 7.78. The Morgan fingerprint density at radius 3 is 2.96 bits per heavy atom. The highest BCUT2D eigenvalue weighted by Gasteiger charge is 2.30. The van der Waals surface area contributed by atoms with E-state index in [0.717, 1.165) is 35.0 Å². The molecule has 0 saturated carbocycles. The number of carbonyl (C=O) groups excluding carboxylic acids is 1. The summed E-state index contributed by atoms with van der Waals surface area (Å²) in [5.74, 6) is 0.367. The number of amides is 1. The number of likely N-dealkylation sites (tertiary alicyclic amines) is 1. The minimum atomic E-state index is -0.455. The molecule has 1 amide bonds. The second-order valence-electron chi connectivity index (χ2n) is 6.99. The molecule has 1 atom stereocenters. The van der Waals surface area contributed by atoms with Gasteiger partial charge in [-0.3, -0.25) is 0 Å². The average Bonchev–Trinajstić information content (AvgIpc) is 3.05. The van der Waals surface area contributed by atoms with Crippen molar-refractivity contribution in [2.75, 3.05) is 13.1 Å². The molecule has 1 unspecified atom stereocenters. The molecular weight excluding hydrogens is 360 g/mol. The third kappa shape index (κ3) is 3.83. The zero-order valence-corrected chi connectivity index (χ0v) is 15.2. The van der Waals surface area contributed by atoms with Crippen LogP contribution in [0.4, 0.5) is 4.79 Å². The Kier molecular flexibility index (Phi) is 4.31. The molecule has 7 heteroatoms. The Balaban J connectivity index is 1.65. The van der Waals surface area contributed by atoms with Gasteiger partial charge in [0, 0.05) is 24.1 Å². The maximum absolute atomic E-state index is 12.1. The highest BCUT2D eigenvalue weighted by Crippen LogP contribution is 2.23. The van der Waals surface area contributed by atoms with Crippen molar-refractivity contribution in [3.05, 3.63) is 22.7 Å². The van der Waals surface area contributed by atoms with Gasteiger partial charge >= 0.3 is 6.09 Å². The van der Waals surface area contributed by atoms with Crippen LogP contribution in [0, 0.1) is 5.92 Å². The number of hydrogen-bond donors (Lipinski definition) is 0. The molecule has 2 aromatic rings. The fourth-order valence-corrected chi connectivity index (χ4v) is 3.14. The number of halogens is 1.